The van der Waals surface area contributed by atoms with Gasteiger partial charge in [-0.1, -0.05) is 0 Å². The SMILES string of the molecule is O=S1(=O)CCNCC1C1CNCCN1. The second-order valence-electron chi connectivity index (χ2n) is 3.87. The lowest BCUT2D eigenvalue weighted by Crippen LogP contribution is -2.61. The highest BCUT2D eigenvalue weighted by molar-refractivity contribution is 7.92. The average molecular weight is 219 g/mol. The zero-order valence-corrected chi connectivity index (χ0v) is 8.94. The van der Waals surface area contributed by atoms with Crippen LogP contribution < -0.4 is 16.0 Å². The van der Waals surface area contributed by atoms with Crippen LogP contribution in [0.15, 0.2) is 0 Å². The third-order valence-corrected chi connectivity index (χ3v) is 5.08. The first-order chi connectivity index (χ1) is 6.70. The molecule has 2 saturated heterocycles. The van der Waals surface area contributed by atoms with Crippen molar-refractivity contribution in [2.45, 2.75) is 11.3 Å². The molecule has 0 aromatic heterocycles. The number of nitrogens with one attached hydrogen (secondary N) is 3. The largest absolute Gasteiger partial charge is 0.314 e. The summed E-state index contributed by atoms with van der Waals surface area (Å²) in [5.74, 6) is 0.274. The van der Waals surface area contributed by atoms with E-state index >= 15 is 0 Å². The highest BCUT2D eigenvalue weighted by atomic mass is 32.2. The summed E-state index contributed by atoms with van der Waals surface area (Å²) >= 11 is 0. The Morgan fingerprint density at radius 2 is 1.79 bits per heavy atom. The Morgan fingerprint density at radius 3 is 2.43 bits per heavy atom. The summed E-state index contributed by atoms with van der Waals surface area (Å²) in [7, 11) is -2.89. The molecule has 82 valence electrons. The van der Waals surface area contributed by atoms with Gasteiger partial charge < -0.3 is 16.0 Å². The molecule has 0 aromatic carbocycles. The Morgan fingerprint density at radius 1 is 1.00 bits per heavy atom. The molecule has 6 heteroatoms. The van der Waals surface area contributed by atoms with E-state index in [9.17, 15) is 8.42 Å². The van der Waals surface area contributed by atoms with Crippen molar-refractivity contribution in [1.82, 2.24) is 16.0 Å². The normalized spacial score (nSPS) is 38.0. The maximum Gasteiger partial charge on any atom is 0.157 e. The zero-order valence-electron chi connectivity index (χ0n) is 8.12. The number of sulfone groups is 1. The number of piperazine rings is 1. The van der Waals surface area contributed by atoms with Gasteiger partial charge in [0.1, 0.15) is 0 Å². The van der Waals surface area contributed by atoms with Gasteiger partial charge in [-0.3, -0.25) is 0 Å². The van der Waals surface area contributed by atoms with Crippen molar-refractivity contribution in [3.05, 3.63) is 0 Å². The van der Waals surface area contributed by atoms with Gasteiger partial charge in [-0.25, -0.2) is 8.42 Å². The van der Waals surface area contributed by atoms with Crippen molar-refractivity contribution in [2.75, 3.05) is 38.5 Å². The maximum absolute atomic E-state index is 11.8. The molecular formula is C8H17N3O2S. The minimum atomic E-state index is -2.89. The smallest absolute Gasteiger partial charge is 0.157 e. The van der Waals surface area contributed by atoms with Crippen LogP contribution in [-0.4, -0.2) is 58.2 Å². The Kier molecular flexibility index (Phi) is 3.06. The molecule has 0 bridgehead atoms. The van der Waals surface area contributed by atoms with Gasteiger partial charge in [-0.2, -0.15) is 0 Å². The summed E-state index contributed by atoms with van der Waals surface area (Å²) in [6.07, 6.45) is 0. The van der Waals surface area contributed by atoms with E-state index in [0.29, 0.717) is 13.1 Å². The predicted octanol–water partition coefficient (Wildman–Crippen LogP) is -2.07. The molecule has 0 aliphatic carbocycles. The summed E-state index contributed by atoms with van der Waals surface area (Å²) in [6, 6.07) is 0.0709. The van der Waals surface area contributed by atoms with Crippen LogP contribution in [0.25, 0.3) is 0 Å². The van der Waals surface area contributed by atoms with Crippen LogP contribution in [0.5, 0.6) is 0 Å². The van der Waals surface area contributed by atoms with Gasteiger partial charge in [0.05, 0.1) is 11.0 Å². The first kappa shape index (κ1) is 10.4. The summed E-state index contributed by atoms with van der Waals surface area (Å²) in [5.41, 5.74) is 0. The van der Waals surface area contributed by atoms with E-state index in [2.05, 4.69) is 16.0 Å². The van der Waals surface area contributed by atoms with Crippen molar-refractivity contribution >= 4 is 9.84 Å². The van der Waals surface area contributed by atoms with E-state index in [1.165, 1.54) is 0 Å². The molecule has 2 heterocycles. The standard InChI is InChI=1S/C8H17N3O2S/c12-14(13)4-3-10-6-8(14)7-5-9-1-2-11-7/h7-11H,1-6H2. The van der Waals surface area contributed by atoms with Crippen molar-refractivity contribution in [2.24, 2.45) is 0 Å². The molecule has 0 amide bonds. The Balaban J connectivity index is 2.07. The average Bonchev–Trinajstić information content (AvgIpc) is 2.18. The van der Waals surface area contributed by atoms with Crippen molar-refractivity contribution in [3.63, 3.8) is 0 Å². The first-order valence-corrected chi connectivity index (χ1v) is 6.78. The van der Waals surface area contributed by atoms with Crippen molar-refractivity contribution in [3.8, 4) is 0 Å². The zero-order chi connectivity index (χ0) is 10.0. The van der Waals surface area contributed by atoms with E-state index in [-0.39, 0.29) is 17.0 Å². The minimum Gasteiger partial charge on any atom is -0.314 e. The van der Waals surface area contributed by atoms with Gasteiger partial charge in [-0.15, -0.1) is 0 Å². The molecule has 2 atom stereocenters. The third-order valence-electron chi connectivity index (χ3n) is 2.89. The predicted molar refractivity (Wildman–Crippen MR) is 55.1 cm³/mol. The fourth-order valence-corrected chi connectivity index (χ4v) is 3.86. The number of rotatable bonds is 1. The quantitative estimate of drug-likeness (QED) is 0.473. The lowest BCUT2D eigenvalue weighted by Gasteiger charge is -2.34. The minimum absolute atomic E-state index is 0.0709. The summed E-state index contributed by atoms with van der Waals surface area (Å²) in [6.45, 7) is 3.72. The molecular weight excluding hydrogens is 202 g/mol. The molecule has 3 N–H and O–H groups in total. The molecule has 2 fully saturated rings. The van der Waals surface area contributed by atoms with E-state index < -0.39 is 9.84 Å². The Hall–Kier alpha value is -0.170. The highest BCUT2D eigenvalue weighted by Crippen LogP contribution is 2.11. The molecule has 2 aliphatic rings. The third kappa shape index (κ3) is 2.08. The van der Waals surface area contributed by atoms with E-state index in [1.807, 2.05) is 0 Å². The second kappa shape index (κ2) is 4.14. The van der Waals surface area contributed by atoms with Crippen LogP contribution in [0.4, 0.5) is 0 Å². The van der Waals surface area contributed by atoms with Crippen molar-refractivity contribution < 1.29 is 8.42 Å². The fraction of sp³-hybridized carbons (Fsp3) is 1.00. The lowest BCUT2D eigenvalue weighted by atomic mass is 10.1. The van der Waals surface area contributed by atoms with Gasteiger partial charge in [0, 0.05) is 38.8 Å². The van der Waals surface area contributed by atoms with E-state index in [0.717, 1.165) is 19.6 Å². The van der Waals surface area contributed by atoms with E-state index in [1.54, 1.807) is 0 Å². The monoisotopic (exact) mass is 219 g/mol. The topological polar surface area (TPSA) is 70.2 Å². The Labute approximate surface area is 84.6 Å². The molecule has 0 saturated carbocycles. The first-order valence-electron chi connectivity index (χ1n) is 5.06. The number of hydrogen-bond acceptors (Lipinski definition) is 5. The van der Waals surface area contributed by atoms with Crippen LogP contribution in [0.2, 0.25) is 0 Å². The van der Waals surface area contributed by atoms with Crippen LogP contribution in [0, 0.1) is 0 Å². The van der Waals surface area contributed by atoms with Gasteiger partial charge >= 0.3 is 0 Å². The molecule has 2 aliphatic heterocycles. The van der Waals surface area contributed by atoms with Crippen LogP contribution >= 0.6 is 0 Å². The van der Waals surface area contributed by atoms with Gasteiger partial charge in [0.25, 0.3) is 0 Å². The van der Waals surface area contributed by atoms with Crippen molar-refractivity contribution in [1.29, 1.82) is 0 Å². The fourth-order valence-electron chi connectivity index (χ4n) is 2.07. The van der Waals surface area contributed by atoms with Gasteiger partial charge in [0.15, 0.2) is 9.84 Å². The van der Waals surface area contributed by atoms with Gasteiger partial charge in [0.2, 0.25) is 0 Å². The van der Waals surface area contributed by atoms with Crippen LogP contribution in [-0.2, 0) is 9.84 Å². The lowest BCUT2D eigenvalue weighted by molar-refractivity contribution is 0.385. The van der Waals surface area contributed by atoms with E-state index in [4.69, 9.17) is 0 Å². The summed E-state index contributed by atoms with van der Waals surface area (Å²) in [4.78, 5) is 0. The number of hydrogen-bond donors (Lipinski definition) is 3. The molecule has 5 nitrogen and oxygen atoms in total. The van der Waals surface area contributed by atoms with Crippen LogP contribution in [0.3, 0.4) is 0 Å². The Bertz CT molecular complexity index is 285. The second-order valence-corrected chi connectivity index (χ2v) is 6.21. The summed E-state index contributed by atoms with van der Waals surface area (Å²) < 4.78 is 23.5. The molecule has 2 unspecified atom stereocenters. The van der Waals surface area contributed by atoms with Crippen LogP contribution in [0.1, 0.15) is 0 Å². The highest BCUT2D eigenvalue weighted by Gasteiger charge is 2.35. The molecule has 0 spiro atoms. The molecule has 14 heavy (non-hydrogen) atoms. The molecule has 0 radical (unpaired) electrons. The summed E-state index contributed by atoms with van der Waals surface area (Å²) in [5, 5.41) is 9.36. The molecule has 0 aromatic rings. The maximum atomic E-state index is 11.8. The van der Waals surface area contributed by atoms with Gasteiger partial charge in [-0.05, 0) is 0 Å². The molecule has 2 rings (SSSR count).